The van der Waals surface area contributed by atoms with E-state index in [4.69, 9.17) is 6.42 Å². The predicted octanol–water partition coefficient (Wildman–Crippen LogP) is 3.02. The van der Waals surface area contributed by atoms with Crippen LogP contribution in [-0.4, -0.2) is 6.54 Å². The van der Waals surface area contributed by atoms with Crippen molar-refractivity contribution in [2.24, 2.45) is 0 Å². The summed E-state index contributed by atoms with van der Waals surface area (Å²) in [5, 5.41) is 3.01. The SMILES string of the molecule is C#CCCNc1ccc(Br)c(F)c1. The van der Waals surface area contributed by atoms with Gasteiger partial charge in [0.1, 0.15) is 5.82 Å². The Bertz CT molecular complexity index is 330. The zero-order valence-electron chi connectivity index (χ0n) is 6.98. The van der Waals surface area contributed by atoms with E-state index in [9.17, 15) is 4.39 Å². The Hall–Kier alpha value is -1.01. The summed E-state index contributed by atoms with van der Waals surface area (Å²) in [6.07, 6.45) is 5.71. The van der Waals surface area contributed by atoms with Crippen LogP contribution in [0, 0.1) is 18.2 Å². The van der Waals surface area contributed by atoms with E-state index >= 15 is 0 Å². The van der Waals surface area contributed by atoms with Crippen LogP contribution >= 0.6 is 15.9 Å². The summed E-state index contributed by atoms with van der Waals surface area (Å²) >= 11 is 3.08. The lowest BCUT2D eigenvalue weighted by atomic mass is 10.3. The highest BCUT2D eigenvalue weighted by Gasteiger charge is 1.98. The van der Waals surface area contributed by atoms with E-state index in [1.165, 1.54) is 6.07 Å². The van der Waals surface area contributed by atoms with Crippen LogP contribution in [-0.2, 0) is 0 Å². The molecule has 0 aliphatic heterocycles. The summed E-state index contributed by atoms with van der Waals surface area (Å²) in [5.41, 5.74) is 0.746. The lowest BCUT2D eigenvalue weighted by Gasteiger charge is -2.04. The molecule has 0 radical (unpaired) electrons. The first-order valence-corrected chi connectivity index (χ1v) is 4.65. The lowest BCUT2D eigenvalue weighted by Crippen LogP contribution is -2.00. The van der Waals surface area contributed by atoms with Crippen molar-refractivity contribution < 1.29 is 4.39 Å². The molecule has 0 aliphatic carbocycles. The number of anilines is 1. The average Bonchev–Trinajstić information content (AvgIpc) is 2.12. The molecule has 3 heteroatoms. The van der Waals surface area contributed by atoms with Crippen molar-refractivity contribution in [2.75, 3.05) is 11.9 Å². The third kappa shape index (κ3) is 3.08. The van der Waals surface area contributed by atoms with Crippen LogP contribution in [0.2, 0.25) is 0 Å². The molecule has 1 nitrogen and oxygen atoms in total. The maximum atomic E-state index is 13.0. The fourth-order valence-corrected chi connectivity index (χ4v) is 1.13. The molecule has 13 heavy (non-hydrogen) atoms. The van der Waals surface area contributed by atoms with Crippen molar-refractivity contribution in [3.8, 4) is 12.3 Å². The first-order chi connectivity index (χ1) is 6.24. The van der Waals surface area contributed by atoms with Crippen LogP contribution in [0.15, 0.2) is 22.7 Å². The number of halogens is 2. The minimum Gasteiger partial charge on any atom is -0.384 e. The van der Waals surface area contributed by atoms with Gasteiger partial charge in [0.25, 0.3) is 0 Å². The average molecular weight is 242 g/mol. The van der Waals surface area contributed by atoms with Crippen LogP contribution in [0.25, 0.3) is 0 Å². The van der Waals surface area contributed by atoms with E-state index in [-0.39, 0.29) is 5.82 Å². The molecule has 0 atom stereocenters. The summed E-state index contributed by atoms with van der Waals surface area (Å²) in [6, 6.07) is 4.89. The van der Waals surface area contributed by atoms with Gasteiger partial charge in [-0.3, -0.25) is 0 Å². The Kier molecular flexibility index (Phi) is 3.78. The molecular formula is C10H9BrFN. The van der Waals surface area contributed by atoms with Gasteiger partial charge in [0.2, 0.25) is 0 Å². The van der Waals surface area contributed by atoms with Crippen LogP contribution < -0.4 is 5.32 Å². The van der Waals surface area contributed by atoms with Gasteiger partial charge in [0, 0.05) is 18.7 Å². The third-order valence-electron chi connectivity index (χ3n) is 1.52. The van der Waals surface area contributed by atoms with Crippen molar-refractivity contribution in [3.63, 3.8) is 0 Å². The van der Waals surface area contributed by atoms with Crippen LogP contribution in [0.5, 0.6) is 0 Å². The standard InChI is InChI=1S/C10H9BrFN/c1-2-3-6-13-8-4-5-9(11)10(12)7-8/h1,4-5,7,13H,3,6H2. The fourth-order valence-electron chi connectivity index (χ4n) is 0.885. The second-order valence-electron chi connectivity index (χ2n) is 2.51. The van der Waals surface area contributed by atoms with Crippen LogP contribution in [0.3, 0.4) is 0 Å². The number of hydrogen-bond donors (Lipinski definition) is 1. The predicted molar refractivity (Wildman–Crippen MR) is 56.0 cm³/mol. The molecule has 0 fully saturated rings. The molecule has 0 saturated carbocycles. The Morgan fingerprint density at radius 3 is 2.92 bits per heavy atom. The fraction of sp³-hybridized carbons (Fsp3) is 0.200. The molecule has 1 aromatic carbocycles. The van der Waals surface area contributed by atoms with Gasteiger partial charge in [0.05, 0.1) is 4.47 Å². The highest BCUT2D eigenvalue weighted by molar-refractivity contribution is 9.10. The van der Waals surface area contributed by atoms with Gasteiger partial charge in [-0.15, -0.1) is 12.3 Å². The van der Waals surface area contributed by atoms with Gasteiger partial charge < -0.3 is 5.32 Å². The van der Waals surface area contributed by atoms with Crippen molar-refractivity contribution in [1.29, 1.82) is 0 Å². The zero-order valence-corrected chi connectivity index (χ0v) is 8.57. The van der Waals surface area contributed by atoms with Gasteiger partial charge in [-0.2, -0.15) is 0 Å². The number of terminal acetylenes is 1. The van der Waals surface area contributed by atoms with E-state index in [0.717, 1.165) is 5.69 Å². The number of benzene rings is 1. The summed E-state index contributed by atoms with van der Waals surface area (Å²) in [6.45, 7) is 0.664. The van der Waals surface area contributed by atoms with Gasteiger partial charge in [-0.25, -0.2) is 4.39 Å². The molecule has 0 aliphatic rings. The van der Waals surface area contributed by atoms with Crippen molar-refractivity contribution >= 4 is 21.6 Å². The molecule has 0 heterocycles. The Morgan fingerprint density at radius 2 is 2.31 bits per heavy atom. The molecule has 68 valence electrons. The maximum absolute atomic E-state index is 13.0. The van der Waals surface area contributed by atoms with E-state index < -0.39 is 0 Å². The minimum atomic E-state index is -0.272. The maximum Gasteiger partial charge on any atom is 0.139 e. The Balaban J connectivity index is 2.59. The quantitative estimate of drug-likeness (QED) is 0.634. The lowest BCUT2D eigenvalue weighted by molar-refractivity contribution is 0.621. The zero-order chi connectivity index (χ0) is 9.68. The molecule has 0 aromatic heterocycles. The minimum absolute atomic E-state index is 0.272. The third-order valence-corrected chi connectivity index (χ3v) is 2.16. The van der Waals surface area contributed by atoms with Gasteiger partial charge >= 0.3 is 0 Å². The van der Waals surface area contributed by atoms with E-state index in [1.54, 1.807) is 12.1 Å². The normalized spacial score (nSPS) is 9.31. The van der Waals surface area contributed by atoms with E-state index in [1.807, 2.05) is 0 Å². The molecular weight excluding hydrogens is 233 g/mol. The largest absolute Gasteiger partial charge is 0.384 e. The molecule has 1 aromatic rings. The smallest absolute Gasteiger partial charge is 0.139 e. The van der Waals surface area contributed by atoms with Gasteiger partial charge in [-0.05, 0) is 34.1 Å². The number of hydrogen-bond acceptors (Lipinski definition) is 1. The highest BCUT2D eigenvalue weighted by atomic mass is 79.9. The molecule has 1 N–H and O–H groups in total. The summed E-state index contributed by atoms with van der Waals surface area (Å²) in [7, 11) is 0. The van der Waals surface area contributed by atoms with Crippen LogP contribution in [0.1, 0.15) is 6.42 Å². The van der Waals surface area contributed by atoms with E-state index in [0.29, 0.717) is 17.4 Å². The molecule has 0 amide bonds. The highest BCUT2D eigenvalue weighted by Crippen LogP contribution is 2.18. The summed E-state index contributed by atoms with van der Waals surface area (Å²) in [5.74, 6) is 2.23. The summed E-state index contributed by atoms with van der Waals surface area (Å²) in [4.78, 5) is 0. The topological polar surface area (TPSA) is 12.0 Å². The molecule has 0 saturated heterocycles. The first-order valence-electron chi connectivity index (χ1n) is 3.86. The van der Waals surface area contributed by atoms with Crippen molar-refractivity contribution in [2.45, 2.75) is 6.42 Å². The molecule has 1 rings (SSSR count). The van der Waals surface area contributed by atoms with Crippen molar-refractivity contribution in [3.05, 3.63) is 28.5 Å². The monoisotopic (exact) mass is 241 g/mol. The number of rotatable bonds is 3. The second kappa shape index (κ2) is 4.88. The molecule has 0 unspecified atom stereocenters. The molecule has 0 bridgehead atoms. The van der Waals surface area contributed by atoms with E-state index in [2.05, 4.69) is 27.2 Å². The Labute approximate surface area is 85.5 Å². The van der Waals surface area contributed by atoms with Crippen LogP contribution in [0.4, 0.5) is 10.1 Å². The Morgan fingerprint density at radius 1 is 1.54 bits per heavy atom. The number of nitrogens with one attached hydrogen (secondary N) is 1. The second-order valence-corrected chi connectivity index (χ2v) is 3.36. The first kappa shape index (κ1) is 10.1. The summed E-state index contributed by atoms with van der Waals surface area (Å²) < 4.78 is 13.4. The molecule has 0 spiro atoms. The van der Waals surface area contributed by atoms with Gasteiger partial charge in [0.15, 0.2) is 0 Å². The van der Waals surface area contributed by atoms with Crippen molar-refractivity contribution in [1.82, 2.24) is 0 Å². The van der Waals surface area contributed by atoms with Gasteiger partial charge in [-0.1, -0.05) is 0 Å².